The van der Waals surface area contributed by atoms with Gasteiger partial charge in [0.25, 0.3) is 5.91 Å². The standard InChI is InChI=1S/C22H24FNO5/c1-13-5-6-14(2)18(7-13)21(25)24-11-19(27-3)20(12-24)29-17-9-15(22(26)28-4)8-16(23)10-17/h5-10,19-20H,11-12H2,1-4H3. The first-order chi connectivity index (χ1) is 13.8. The van der Waals surface area contributed by atoms with Crippen molar-refractivity contribution in [1.29, 1.82) is 0 Å². The number of carbonyl (C=O) groups is 2. The zero-order chi connectivity index (χ0) is 21.1. The molecular formula is C22H24FNO5. The van der Waals surface area contributed by atoms with Gasteiger partial charge in [-0.3, -0.25) is 4.79 Å². The minimum absolute atomic E-state index is 0.0535. The summed E-state index contributed by atoms with van der Waals surface area (Å²) >= 11 is 0. The van der Waals surface area contributed by atoms with Crippen LogP contribution >= 0.6 is 0 Å². The van der Waals surface area contributed by atoms with E-state index in [1.807, 2.05) is 32.0 Å². The van der Waals surface area contributed by atoms with Crippen LogP contribution in [0.15, 0.2) is 36.4 Å². The van der Waals surface area contributed by atoms with Gasteiger partial charge in [-0.15, -0.1) is 0 Å². The number of methoxy groups -OCH3 is 2. The predicted molar refractivity (Wildman–Crippen MR) is 105 cm³/mol. The normalized spacial score (nSPS) is 18.6. The second-order valence-corrected chi connectivity index (χ2v) is 7.13. The van der Waals surface area contributed by atoms with Crippen molar-refractivity contribution in [3.63, 3.8) is 0 Å². The lowest BCUT2D eigenvalue weighted by atomic mass is 10.0. The predicted octanol–water partition coefficient (Wildman–Crippen LogP) is 3.15. The van der Waals surface area contributed by atoms with Crippen LogP contribution < -0.4 is 4.74 Å². The molecule has 0 aliphatic carbocycles. The molecule has 6 nitrogen and oxygen atoms in total. The first kappa shape index (κ1) is 20.8. The number of benzene rings is 2. The highest BCUT2D eigenvalue weighted by Gasteiger charge is 2.38. The molecule has 1 aliphatic heterocycles. The molecule has 29 heavy (non-hydrogen) atoms. The number of esters is 1. The van der Waals surface area contributed by atoms with Crippen molar-refractivity contribution in [2.45, 2.75) is 26.1 Å². The SMILES string of the molecule is COC(=O)c1cc(F)cc(OC2CN(C(=O)c3cc(C)ccc3C)CC2OC)c1. The first-order valence-electron chi connectivity index (χ1n) is 9.27. The second kappa shape index (κ2) is 8.61. The molecule has 154 valence electrons. The molecule has 1 heterocycles. The molecule has 0 saturated carbocycles. The molecule has 0 bridgehead atoms. The van der Waals surface area contributed by atoms with Crippen molar-refractivity contribution in [1.82, 2.24) is 4.90 Å². The summed E-state index contributed by atoms with van der Waals surface area (Å²) in [6, 6.07) is 9.43. The van der Waals surface area contributed by atoms with Gasteiger partial charge in [0.05, 0.1) is 25.8 Å². The largest absolute Gasteiger partial charge is 0.486 e. The molecule has 1 fully saturated rings. The number of halogens is 1. The van der Waals surface area contributed by atoms with E-state index in [0.717, 1.165) is 17.2 Å². The number of aryl methyl sites for hydroxylation is 2. The second-order valence-electron chi connectivity index (χ2n) is 7.13. The Bertz CT molecular complexity index is 929. The Balaban J connectivity index is 1.79. The Morgan fingerprint density at radius 3 is 2.45 bits per heavy atom. The number of nitrogens with zero attached hydrogens (tertiary/aromatic N) is 1. The summed E-state index contributed by atoms with van der Waals surface area (Å²) in [5, 5.41) is 0. The third-order valence-electron chi connectivity index (χ3n) is 5.01. The molecule has 1 aliphatic rings. The molecule has 0 N–H and O–H groups in total. The van der Waals surface area contributed by atoms with Crippen molar-refractivity contribution in [3.05, 3.63) is 64.5 Å². The Morgan fingerprint density at radius 1 is 1.03 bits per heavy atom. The van der Waals surface area contributed by atoms with E-state index in [1.165, 1.54) is 19.2 Å². The lowest BCUT2D eigenvalue weighted by Gasteiger charge is -2.19. The summed E-state index contributed by atoms with van der Waals surface area (Å²) in [6.07, 6.45) is -0.879. The molecule has 2 aromatic rings. The molecule has 2 atom stereocenters. The van der Waals surface area contributed by atoms with Gasteiger partial charge in [0.1, 0.15) is 23.8 Å². The van der Waals surface area contributed by atoms with Gasteiger partial charge in [-0.25, -0.2) is 9.18 Å². The van der Waals surface area contributed by atoms with Gasteiger partial charge in [-0.2, -0.15) is 0 Å². The van der Waals surface area contributed by atoms with Crippen molar-refractivity contribution in [3.8, 4) is 5.75 Å². The Kier molecular flexibility index (Phi) is 6.17. The lowest BCUT2D eigenvalue weighted by Crippen LogP contribution is -2.32. The summed E-state index contributed by atoms with van der Waals surface area (Å²) in [4.78, 5) is 26.4. The average Bonchev–Trinajstić information content (AvgIpc) is 3.10. The zero-order valence-electron chi connectivity index (χ0n) is 16.9. The lowest BCUT2D eigenvalue weighted by molar-refractivity contribution is 0.0337. The van der Waals surface area contributed by atoms with Crippen molar-refractivity contribution in [2.24, 2.45) is 0 Å². The summed E-state index contributed by atoms with van der Waals surface area (Å²) in [5.74, 6) is -1.19. The van der Waals surface area contributed by atoms with Gasteiger partial charge in [0.15, 0.2) is 0 Å². The average molecular weight is 401 g/mol. The third kappa shape index (κ3) is 4.56. The maximum atomic E-state index is 13.9. The Morgan fingerprint density at radius 2 is 1.76 bits per heavy atom. The van der Waals surface area contributed by atoms with Gasteiger partial charge in [-0.1, -0.05) is 17.7 Å². The minimum Gasteiger partial charge on any atom is -0.486 e. The van der Waals surface area contributed by atoms with Gasteiger partial charge in [-0.05, 0) is 37.6 Å². The number of likely N-dealkylation sites (tertiary alicyclic amines) is 1. The fraction of sp³-hybridized carbons (Fsp3) is 0.364. The van der Waals surface area contributed by atoms with Gasteiger partial charge in [0.2, 0.25) is 0 Å². The minimum atomic E-state index is -0.657. The topological polar surface area (TPSA) is 65.1 Å². The van der Waals surface area contributed by atoms with Crippen molar-refractivity contribution in [2.75, 3.05) is 27.3 Å². The van der Waals surface area contributed by atoms with Crippen LogP contribution in [0.4, 0.5) is 4.39 Å². The van der Waals surface area contributed by atoms with Crippen LogP contribution in [0.2, 0.25) is 0 Å². The van der Waals surface area contributed by atoms with E-state index >= 15 is 0 Å². The van der Waals surface area contributed by atoms with Crippen LogP contribution in [0.3, 0.4) is 0 Å². The molecule has 3 rings (SSSR count). The summed E-state index contributed by atoms with van der Waals surface area (Å²) < 4.78 is 29.9. The number of hydrogen-bond donors (Lipinski definition) is 0. The van der Waals surface area contributed by atoms with E-state index in [9.17, 15) is 14.0 Å². The summed E-state index contributed by atoms with van der Waals surface area (Å²) in [6.45, 7) is 4.47. The van der Waals surface area contributed by atoms with Gasteiger partial charge >= 0.3 is 5.97 Å². The molecule has 0 aromatic heterocycles. The van der Waals surface area contributed by atoms with E-state index in [1.54, 1.807) is 12.0 Å². The third-order valence-corrected chi connectivity index (χ3v) is 5.01. The van der Waals surface area contributed by atoms with Gasteiger partial charge in [0, 0.05) is 18.7 Å². The Hall–Kier alpha value is -2.93. The molecule has 0 radical (unpaired) electrons. The van der Waals surface area contributed by atoms with Crippen LogP contribution in [0.25, 0.3) is 0 Å². The van der Waals surface area contributed by atoms with Crippen LogP contribution in [-0.2, 0) is 9.47 Å². The number of hydrogen-bond acceptors (Lipinski definition) is 5. The molecular weight excluding hydrogens is 377 g/mol. The fourth-order valence-corrected chi connectivity index (χ4v) is 3.43. The van der Waals surface area contributed by atoms with E-state index in [0.29, 0.717) is 12.1 Å². The molecule has 7 heteroatoms. The fourth-order valence-electron chi connectivity index (χ4n) is 3.43. The van der Waals surface area contributed by atoms with Crippen LogP contribution in [0.1, 0.15) is 31.8 Å². The van der Waals surface area contributed by atoms with Crippen molar-refractivity contribution < 1.29 is 28.2 Å². The maximum Gasteiger partial charge on any atom is 0.338 e. The van der Waals surface area contributed by atoms with Crippen molar-refractivity contribution >= 4 is 11.9 Å². The maximum absolute atomic E-state index is 13.9. The number of ether oxygens (including phenoxy) is 3. The van der Waals surface area contributed by atoms with E-state index in [2.05, 4.69) is 4.74 Å². The van der Waals surface area contributed by atoms with Crippen LogP contribution in [0.5, 0.6) is 5.75 Å². The van der Waals surface area contributed by atoms with E-state index < -0.39 is 17.9 Å². The quantitative estimate of drug-likeness (QED) is 0.720. The monoisotopic (exact) mass is 401 g/mol. The Labute approximate surface area is 169 Å². The molecule has 2 unspecified atom stereocenters. The van der Waals surface area contributed by atoms with E-state index in [-0.39, 0.29) is 29.9 Å². The highest BCUT2D eigenvalue weighted by Crippen LogP contribution is 2.25. The number of carbonyl (C=O) groups excluding carboxylic acids is 2. The molecule has 2 aromatic carbocycles. The molecule has 1 amide bonds. The van der Waals surface area contributed by atoms with Crippen LogP contribution in [0, 0.1) is 19.7 Å². The smallest absolute Gasteiger partial charge is 0.338 e. The van der Waals surface area contributed by atoms with E-state index in [4.69, 9.17) is 9.47 Å². The summed E-state index contributed by atoms with van der Waals surface area (Å²) in [5.41, 5.74) is 2.59. The first-order valence-corrected chi connectivity index (χ1v) is 9.27. The van der Waals surface area contributed by atoms with Gasteiger partial charge < -0.3 is 19.1 Å². The highest BCUT2D eigenvalue weighted by atomic mass is 19.1. The molecule has 0 spiro atoms. The zero-order valence-corrected chi connectivity index (χ0v) is 16.9. The highest BCUT2D eigenvalue weighted by molar-refractivity contribution is 5.96. The number of rotatable bonds is 5. The van der Waals surface area contributed by atoms with Crippen LogP contribution in [-0.4, -0.2) is 56.3 Å². The number of amides is 1. The summed E-state index contributed by atoms with van der Waals surface area (Å²) in [7, 11) is 2.76. The molecule has 1 saturated heterocycles.